The van der Waals surface area contributed by atoms with Gasteiger partial charge in [0.25, 0.3) is 0 Å². The SMILES string of the molecule is CC(C)(C)c1ccc(C2=CC(C(C)(C)C)[OH+][SiH-]O2)cc1. The van der Waals surface area contributed by atoms with Crippen molar-refractivity contribution in [1.82, 2.24) is 0 Å². The lowest BCUT2D eigenvalue weighted by molar-refractivity contribution is -0.0148. The van der Waals surface area contributed by atoms with E-state index >= 15 is 0 Å². The van der Waals surface area contributed by atoms with Crippen LogP contribution in [0, 0.1) is 5.41 Å². The maximum absolute atomic E-state index is 5.79. The minimum absolute atomic E-state index is 0.160. The molecular weight excluding hydrogens is 264 g/mol. The largest absolute Gasteiger partial charge is 0.648 e. The van der Waals surface area contributed by atoms with Crippen LogP contribution in [-0.2, 0) is 9.84 Å². The molecule has 110 valence electrons. The third kappa shape index (κ3) is 3.52. The van der Waals surface area contributed by atoms with Gasteiger partial charge in [-0.1, -0.05) is 65.8 Å². The first kappa shape index (κ1) is 15.3. The molecule has 1 N–H and O–H groups in total. The van der Waals surface area contributed by atoms with E-state index < -0.39 is 0 Å². The van der Waals surface area contributed by atoms with Gasteiger partial charge >= 0.3 is 10.0 Å². The van der Waals surface area contributed by atoms with Crippen LogP contribution in [0.5, 0.6) is 0 Å². The van der Waals surface area contributed by atoms with E-state index in [0.29, 0.717) is 0 Å². The van der Waals surface area contributed by atoms with Gasteiger partial charge in [-0.15, -0.1) is 0 Å². The molecule has 0 saturated carbocycles. The summed E-state index contributed by atoms with van der Waals surface area (Å²) in [4.78, 5) is 0. The molecule has 1 heterocycles. The van der Waals surface area contributed by atoms with Gasteiger partial charge in [0.05, 0.1) is 5.76 Å². The fourth-order valence-corrected chi connectivity index (χ4v) is 3.20. The maximum Gasteiger partial charge on any atom is 0.367 e. The van der Waals surface area contributed by atoms with Crippen molar-refractivity contribution in [3.63, 3.8) is 0 Å². The highest BCUT2D eigenvalue weighted by Crippen LogP contribution is 2.30. The van der Waals surface area contributed by atoms with Crippen molar-refractivity contribution in [3.05, 3.63) is 41.5 Å². The molecule has 20 heavy (non-hydrogen) atoms. The number of benzene rings is 1. The molecule has 1 unspecified atom stereocenters. The summed E-state index contributed by atoms with van der Waals surface area (Å²) in [6.45, 7) is 13.4. The molecule has 1 aliphatic rings. The molecular formula is C17H26O2Si. The van der Waals surface area contributed by atoms with Gasteiger partial charge in [-0.3, -0.25) is 0 Å². The van der Waals surface area contributed by atoms with E-state index in [1.54, 1.807) is 0 Å². The zero-order valence-corrected chi connectivity index (χ0v) is 14.6. The molecule has 0 bridgehead atoms. The molecule has 2 nitrogen and oxygen atoms in total. The molecule has 0 fully saturated rings. The second-order valence-corrected chi connectivity index (χ2v) is 8.29. The molecule has 1 aromatic carbocycles. The van der Waals surface area contributed by atoms with Gasteiger partial charge in [-0.2, -0.15) is 0 Å². The molecule has 0 spiro atoms. The van der Waals surface area contributed by atoms with E-state index in [1.807, 2.05) is 0 Å². The van der Waals surface area contributed by atoms with Crippen molar-refractivity contribution in [2.75, 3.05) is 0 Å². The summed E-state index contributed by atoms with van der Waals surface area (Å²) in [6.07, 6.45) is 2.42. The minimum Gasteiger partial charge on any atom is -0.648 e. The summed E-state index contributed by atoms with van der Waals surface area (Å²) in [5.41, 5.74) is 2.86. The topological polar surface area (TPSA) is 22.0 Å². The van der Waals surface area contributed by atoms with Crippen molar-refractivity contribution < 1.29 is 8.85 Å². The average Bonchev–Trinajstić information content (AvgIpc) is 2.37. The third-order valence-electron chi connectivity index (χ3n) is 3.63. The highest BCUT2D eigenvalue weighted by atomic mass is 28.3. The average molecular weight is 290 g/mol. The first-order valence-electron chi connectivity index (χ1n) is 7.19. The van der Waals surface area contributed by atoms with Crippen LogP contribution in [0.25, 0.3) is 5.76 Å². The van der Waals surface area contributed by atoms with Gasteiger partial charge in [-0.25, -0.2) is 0 Å². The Morgan fingerprint density at radius 3 is 2.10 bits per heavy atom. The van der Waals surface area contributed by atoms with Crippen molar-refractivity contribution >= 4 is 15.8 Å². The zero-order valence-electron chi connectivity index (χ0n) is 13.4. The first-order chi connectivity index (χ1) is 9.18. The van der Waals surface area contributed by atoms with Gasteiger partial charge in [-0.05, 0) is 11.0 Å². The van der Waals surface area contributed by atoms with E-state index in [0.717, 1.165) is 11.3 Å². The predicted octanol–water partition coefficient (Wildman–Crippen LogP) is 3.56. The minimum atomic E-state index is -0.293. The van der Waals surface area contributed by atoms with Gasteiger partial charge in [0.1, 0.15) is 6.10 Å². The second kappa shape index (κ2) is 5.38. The summed E-state index contributed by atoms with van der Waals surface area (Å²) in [5.74, 6) is 0.996. The monoisotopic (exact) mass is 290 g/mol. The lowest BCUT2D eigenvalue weighted by atomic mass is 9.86. The van der Waals surface area contributed by atoms with Crippen LogP contribution in [-0.4, -0.2) is 20.5 Å². The Kier molecular flexibility index (Phi) is 4.12. The number of aliphatic hydroxyl groups is 1. The lowest BCUT2D eigenvalue weighted by Crippen LogP contribution is -2.36. The fraction of sp³-hybridized carbons (Fsp3) is 0.529. The van der Waals surface area contributed by atoms with E-state index in [1.165, 1.54) is 5.56 Å². The predicted molar refractivity (Wildman–Crippen MR) is 86.8 cm³/mol. The highest BCUT2D eigenvalue weighted by molar-refractivity contribution is 6.20. The lowest BCUT2D eigenvalue weighted by Gasteiger charge is -2.35. The summed E-state index contributed by atoms with van der Waals surface area (Å²) < 4.78 is 10.4. The Labute approximate surface area is 125 Å². The van der Waals surface area contributed by atoms with Crippen LogP contribution in [0.3, 0.4) is 0 Å². The molecule has 1 atom stereocenters. The Morgan fingerprint density at radius 1 is 1.00 bits per heavy atom. The van der Waals surface area contributed by atoms with Crippen molar-refractivity contribution in [3.8, 4) is 0 Å². The van der Waals surface area contributed by atoms with Crippen molar-refractivity contribution in [2.24, 2.45) is 5.41 Å². The van der Waals surface area contributed by atoms with Gasteiger partial charge < -0.3 is 8.85 Å². The van der Waals surface area contributed by atoms with Gasteiger partial charge in [0, 0.05) is 17.1 Å². The molecule has 2 rings (SSSR count). The van der Waals surface area contributed by atoms with Crippen LogP contribution < -0.4 is 0 Å². The van der Waals surface area contributed by atoms with Crippen LogP contribution in [0.1, 0.15) is 52.7 Å². The molecule has 0 amide bonds. The Bertz CT molecular complexity index is 489. The van der Waals surface area contributed by atoms with Crippen molar-refractivity contribution in [2.45, 2.75) is 53.1 Å². The number of hydrogen-bond acceptors (Lipinski definition) is 1. The van der Waals surface area contributed by atoms with Crippen LogP contribution in [0.2, 0.25) is 0 Å². The molecule has 1 aromatic rings. The first-order valence-corrected chi connectivity index (χ1v) is 8.18. The van der Waals surface area contributed by atoms with Crippen LogP contribution >= 0.6 is 0 Å². The molecule has 0 aliphatic carbocycles. The fourth-order valence-electron chi connectivity index (χ4n) is 2.15. The third-order valence-corrected chi connectivity index (χ3v) is 4.44. The maximum atomic E-state index is 5.79. The Morgan fingerprint density at radius 2 is 1.60 bits per heavy atom. The molecule has 3 heteroatoms. The molecule has 0 aromatic heterocycles. The number of rotatable bonds is 1. The molecule has 0 saturated heterocycles. The van der Waals surface area contributed by atoms with E-state index in [-0.39, 0.29) is 26.9 Å². The van der Waals surface area contributed by atoms with Crippen molar-refractivity contribution in [1.29, 1.82) is 0 Å². The Hall–Kier alpha value is -1.06. The summed E-state index contributed by atoms with van der Waals surface area (Å²) in [5, 5.41) is 0. The highest BCUT2D eigenvalue weighted by Gasteiger charge is 2.28. The normalized spacial score (nSPS) is 20.3. The second-order valence-electron chi connectivity index (χ2n) is 7.54. The van der Waals surface area contributed by atoms with E-state index in [9.17, 15) is 0 Å². The summed E-state index contributed by atoms with van der Waals surface area (Å²) in [6, 6.07) is 8.73. The Balaban J connectivity index is 2.25. The van der Waals surface area contributed by atoms with Gasteiger partial charge in [0.2, 0.25) is 0 Å². The zero-order chi connectivity index (χ0) is 15.0. The number of hydrogen-bond donors (Lipinski definition) is 0. The summed E-state index contributed by atoms with van der Waals surface area (Å²) in [7, 11) is -0.293. The van der Waals surface area contributed by atoms with E-state index in [2.05, 4.69) is 76.3 Å². The molecule has 1 aliphatic heterocycles. The quantitative estimate of drug-likeness (QED) is 0.572. The van der Waals surface area contributed by atoms with E-state index in [4.69, 9.17) is 4.43 Å². The standard InChI is InChI=1S/C17H26O2Si/c1-16(2,3)13-9-7-12(8-10-13)14-11-15(17(4,5)6)19-20-18-14/h7-11,15,19-20H,1-6H3. The van der Waals surface area contributed by atoms with Gasteiger partial charge in [0.15, 0.2) is 0 Å². The molecule has 0 radical (unpaired) electrons. The van der Waals surface area contributed by atoms with Crippen LogP contribution in [0.4, 0.5) is 0 Å². The summed E-state index contributed by atoms with van der Waals surface area (Å²) >= 11 is 0. The smallest absolute Gasteiger partial charge is 0.367 e. The van der Waals surface area contributed by atoms with Crippen LogP contribution in [0.15, 0.2) is 30.3 Å².